The second kappa shape index (κ2) is 5.31. The summed E-state index contributed by atoms with van der Waals surface area (Å²) in [4.78, 5) is 15.3. The van der Waals surface area contributed by atoms with Crippen molar-refractivity contribution in [2.45, 2.75) is 6.54 Å². The van der Waals surface area contributed by atoms with Gasteiger partial charge in [0, 0.05) is 23.6 Å². The van der Waals surface area contributed by atoms with Crippen molar-refractivity contribution >= 4 is 16.8 Å². The number of benzene rings is 2. The molecule has 4 rings (SSSR count). The number of hydrogen-bond donors (Lipinski definition) is 2. The molecule has 116 valence electrons. The van der Waals surface area contributed by atoms with Crippen molar-refractivity contribution in [2.24, 2.45) is 0 Å². The molecule has 0 atom stereocenters. The van der Waals surface area contributed by atoms with Crippen LogP contribution in [0.5, 0.6) is 11.5 Å². The van der Waals surface area contributed by atoms with Crippen LogP contribution in [0.1, 0.15) is 15.9 Å². The number of carbonyl (C=O) groups excluding carboxylic acids is 1. The van der Waals surface area contributed by atoms with Crippen LogP contribution in [0.4, 0.5) is 4.39 Å². The van der Waals surface area contributed by atoms with Crippen LogP contribution in [0.25, 0.3) is 10.9 Å². The molecule has 5 nitrogen and oxygen atoms in total. The molecular weight excluding hydrogens is 299 g/mol. The van der Waals surface area contributed by atoms with Crippen molar-refractivity contribution < 1.29 is 18.7 Å². The van der Waals surface area contributed by atoms with Gasteiger partial charge in [-0.3, -0.25) is 4.79 Å². The van der Waals surface area contributed by atoms with Crippen LogP contribution in [0.15, 0.2) is 42.6 Å². The maximum absolute atomic E-state index is 13.4. The second-order valence-electron chi connectivity index (χ2n) is 5.26. The number of rotatable bonds is 3. The minimum atomic E-state index is -0.373. The summed E-state index contributed by atoms with van der Waals surface area (Å²) in [6.07, 6.45) is 1.58. The van der Waals surface area contributed by atoms with Crippen molar-refractivity contribution in [3.63, 3.8) is 0 Å². The van der Waals surface area contributed by atoms with Gasteiger partial charge < -0.3 is 19.8 Å². The molecule has 1 aliphatic heterocycles. The van der Waals surface area contributed by atoms with Crippen LogP contribution in [-0.4, -0.2) is 17.7 Å². The number of carbonyl (C=O) groups is 1. The molecule has 0 unspecified atom stereocenters. The lowest BCUT2D eigenvalue weighted by Gasteiger charge is -2.06. The molecule has 3 aromatic rings. The maximum atomic E-state index is 13.4. The van der Waals surface area contributed by atoms with Crippen LogP contribution >= 0.6 is 0 Å². The Morgan fingerprint density at radius 3 is 2.96 bits per heavy atom. The summed E-state index contributed by atoms with van der Waals surface area (Å²) in [6, 6.07) is 9.82. The molecule has 0 radical (unpaired) electrons. The highest BCUT2D eigenvalue weighted by molar-refractivity contribution is 6.06. The average Bonchev–Trinajstić information content (AvgIpc) is 3.18. The third-order valence-electron chi connectivity index (χ3n) is 3.78. The first-order valence-corrected chi connectivity index (χ1v) is 7.14. The van der Waals surface area contributed by atoms with Gasteiger partial charge in [-0.05, 0) is 35.9 Å². The van der Waals surface area contributed by atoms with Crippen LogP contribution < -0.4 is 14.8 Å². The maximum Gasteiger partial charge on any atom is 0.253 e. The predicted octanol–water partition coefficient (Wildman–Crippen LogP) is 2.97. The van der Waals surface area contributed by atoms with E-state index in [1.54, 1.807) is 12.3 Å². The number of ether oxygens (including phenoxy) is 2. The van der Waals surface area contributed by atoms with Gasteiger partial charge in [-0.15, -0.1) is 0 Å². The van der Waals surface area contributed by atoms with Gasteiger partial charge >= 0.3 is 0 Å². The van der Waals surface area contributed by atoms with E-state index in [9.17, 15) is 9.18 Å². The number of nitrogens with one attached hydrogen (secondary N) is 2. The molecule has 0 fully saturated rings. The Labute approximate surface area is 131 Å². The standard InChI is InChI=1S/C17H13FN2O3/c18-11-2-3-14-12(6-11)13(8-19-14)17(21)20-7-10-1-4-15-16(5-10)23-9-22-15/h1-6,8,19H,7,9H2,(H,20,21). The summed E-state index contributed by atoms with van der Waals surface area (Å²) in [7, 11) is 0. The summed E-state index contributed by atoms with van der Waals surface area (Å²) in [5.41, 5.74) is 2.04. The van der Waals surface area contributed by atoms with Crippen molar-refractivity contribution in [3.05, 3.63) is 59.5 Å². The SMILES string of the molecule is O=C(NCc1ccc2c(c1)OCO2)c1c[nH]c2ccc(F)cc12. The molecule has 2 heterocycles. The summed E-state index contributed by atoms with van der Waals surface area (Å²) in [6.45, 7) is 0.559. The highest BCUT2D eigenvalue weighted by Crippen LogP contribution is 2.32. The van der Waals surface area contributed by atoms with Crippen molar-refractivity contribution in [3.8, 4) is 11.5 Å². The van der Waals surface area contributed by atoms with Gasteiger partial charge in [0.25, 0.3) is 5.91 Å². The third kappa shape index (κ3) is 2.48. The van der Waals surface area contributed by atoms with E-state index in [1.807, 2.05) is 18.2 Å². The normalized spacial score (nSPS) is 12.6. The zero-order valence-corrected chi connectivity index (χ0v) is 12.1. The zero-order valence-electron chi connectivity index (χ0n) is 12.1. The van der Waals surface area contributed by atoms with E-state index >= 15 is 0 Å². The molecule has 23 heavy (non-hydrogen) atoms. The molecule has 0 aliphatic carbocycles. The first-order chi connectivity index (χ1) is 11.2. The smallest absolute Gasteiger partial charge is 0.253 e. The Bertz CT molecular complexity index is 904. The monoisotopic (exact) mass is 312 g/mol. The van der Waals surface area contributed by atoms with E-state index in [1.165, 1.54) is 12.1 Å². The highest BCUT2D eigenvalue weighted by Gasteiger charge is 2.15. The Kier molecular flexibility index (Phi) is 3.15. The lowest BCUT2D eigenvalue weighted by Crippen LogP contribution is -2.22. The molecule has 0 spiro atoms. The van der Waals surface area contributed by atoms with E-state index in [4.69, 9.17) is 9.47 Å². The van der Waals surface area contributed by atoms with Gasteiger partial charge in [0.05, 0.1) is 5.56 Å². The van der Waals surface area contributed by atoms with E-state index in [0.717, 1.165) is 11.1 Å². The van der Waals surface area contributed by atoms with E-state index in [0.29, 0.717) is 29.0 Å². The van der Waals surface area contributed by atoms with E-state index < -0.39 is 0 Å². The fourth-order valence-corrected chi connectivity index (χ4v) is 2.61. The summed E-state index contributed by atoms with van der Waals surface area (Å²) in [5.74, 6) is 0.736. The predicted molar refractivity (Wildman–Crippen MR) is 82.0 cm³/mol. The number of halogens is 1. The van der Waals surface area contributed by atoms with Gasteiger partial charge in [0.1, 0.15) is 5.82 Å². The fraction of sp³-hybridized carbons (Fsp3) is 0.118. The van der Waals surface area contributed by atoms with Crippen molar-refractivity contribution in [1.29, 1.82) is 0 Å². The summed E-state index contributed by atoms with van der Waals surface area (Å²) in [5, 5.41) is 3.39. The van der Waals surface area contributed by atoms with Gasteiger partial charge in [-0.2, -0.15) is 0 Å². The number of H-pyrrole nitrogens is 1. The minimum absolute atomic E-state index is 0.214. The number of fused-ring (bicyclic) bond motifs is 2. The molecular formula is C17H13FN2O3. The van der Waals surface area contributed by atoms with Crippen molar-refractivity contribution in [1.82, 2.24) is 10.3 Å². The van der Waals surface area contributed by atoms with E-state index in [2.05, 4.69) is 10.3 Å². The molecule has 2 N–H and O–H groups in total. The van der Waals surface area contributed by atoms with Gasteiger partial charge in [0.15, 0.2) is 11.5 Å². The lowest BCUT2D eigenvalue weighted by molar-refractivity contribution is 0.0952. The Morgan fingerprint density at radius 1 is 1.17 bits per heavy atom. The minimum Gasteiger partial charge on any atom is -0.454 e. The zero-order chi connectivity index (χ0) is 15.8. The molecule has 1 amide bonds. The first kappa shape index (κ1) is 13.6. The number of hydrogen-bond acceptors (Lipinski definition) is 3. The van der Waals surface area contributed by atoms with Crippen LogP contribution in [0.2, 0.25) is 0 Å². The average molecular weight is 312 g/mol. The molecule has 2 aromatic carbocycles. The lowest BCUT2D eigenvalue weighted by atomic mass is 10.1. The molecule has 0 saturated heterocycles. The van der Waals surface area contributed by atoms with Crippen LogP contribution in [0, 0.1) is 5.82 Å². The van der Waals surface area contributed by atoms with Crippen molar-refractivity contribution in [2.75, 3.05) is 6.79 Å². The van der Waals surface area contributed by atoms with Crippen LogP contribution in [-0.2, 0) is 6.54 Å². The number of aromatic nitrogens is 1. The van der Waals surface area contributed by atoms with Crippen LogP contribution in [0.3, 0.4) is 0 Å². The third-order valence-corrected chi connectivity index (χ3v) is 3.78. The number of amides is 1. The molecule has 6 heteroatoms. The summed E-state index contributed by atoms with van der Waals surface area (Å²) >= 11 is 0. The molecule has 0 saturated carbocycles. The number of aromatic amines is 1. The quantitative estimate of drug-likeness (QED) is 0.781. The fourth-order valence-electron chi connectivity index (χ4n) is 2.61. The Balaban J connectivity index is 1.52. The molecule has 0 bridgehead atoms. The van der Waals surface area contributed by atoms with Gasteiger partial charge in [-0.1, -0.05) is 6.07 Å². The largest absolute Gasteiger partial charge is 0.454 e. The van der Waals surface area contributed by atoms with Gasteiger partial charge in [-0.25, -0.2) is 4.39 Å². The topological polar surface area (TPSA) is 63.4 Å². The van der Waals surface area contributed by atoms with Gasteiger partial charge in [0.2, 0.25) is 6.79 Å². The Morgan fingerprint density at radius 2 is 2.04 bits per heavy atom. The highest BCUT2D eigenvalue weighted by atomic mass is 19.1. The second-order valence-corrected chi connectivity index (χ2v) is 5.26. The summed E-state index contributed by atoms with van der Waals surface area (Å²) < 4.78 is 23.9. The van der Waals surface area contributed by atoms with E-state index in [-0.39, 0.29) is 18.5 Å². The first-order valence-electron chi connectivity index (χ1n) is 7.14. The molecule has 1 aromatic heterocycles. The molecule has 1 aliphatic rings. The Hall–Kier alpha value is -3.02.